The summed E-state index contributed by atoms with van der Waals surface area (Å²) in [6.45, 7) is 3.00. The summed E-state index contributed by atoms with van der Waals surface area (Å²) in [4.78, 5) is 34.5. The molecule has 0 saturated carbocycles. The summed E-state index contributed by atoms with van der Waals surface area (Å²) in [5.41, 5.74) is 1.60. The minimum atomic E-state index is -0.572. The van der Waals surface area contributed by atoms with Gasteiger partial charge in [-0.25, -0.2) is 0 Å². The summed E-state index contributed by atoms with van der Waals surface area (Å²) in [6, 6.07) is 6.96. The highest BCUT2D eigenvalue weighted by Gasteiger charge is 2.34. The van der Waals surface area contributed by atoms with Crippen LogP contribution >= 0.6 is 0 Å². The smallest absolute Gasteiger partial charge is 0.171 e. The van der Waals surface area contributed by atoms with Crippen LogP contribution in [0.1, 0.15) is 25.8 Å². The Morgan fingerprint density at radius 3 is 2.60 bits per heavy atom. The van der Waals surface area contributed by atoms with Crippen LogP contribution in [-0.2, 0) is 20.8 Å². The van der Waals surface area contributed by atoms with Crippen molar-refractivity contribution >= 4 is 23.0 Å². The number of para-hydroxylation sites is 1. The normalized spacial score (nSPS) is 21.8. The van der Waals surface area contributed by atoms with Gasteiger partial charge in [-0.3, -0.25) is 19.7 Å². The molecule has 0 bridgehead atoms. The minimum absolute atomic E-state index is 0.0390. The first-order valence-corrected chi connectivity index (χ1v) is 6.60. The third-order valence-corrected chi connectivity index (χ3v) is 3.34. The van der Waals surface area contributed by atoms with E-state index < -0.39 is 12.2 Å². The summed E-state index contributed by atoms with van der Waals surface area (Å²) in [6.07, 6.45) is -0.0424. The van der Waals surface area contributed by atoms with Crippen molar-refractivity contribution in [2.75, 3.05) is 5.32 Å². The largest absolute Gasteiger partial charge is 0.363 e. The summed E-state index contributed by atoms with van der Waals surface area (Å²) in [5, 5.41) is 6.06. The van der Waals surface area contributed by atoms with E-state index in [4.69, 9.17) is 0 Å². The van der Waals surface area contributed by atoms with Crippen molar-refractivity contribution in [3.05, 3.63) is 29.8 Å². The second-order valence-electron chi connectivity index (χ2n) is 5.11. The van der Waals surface area contributed by atoms with Crippen LogP contribution in [0.3, 0.4) is 0 Å². The maximum absolute atomic E-state index is 11.9. The first kappa shape index (κ1) is 14.4. The third-order valence-electron chi connectivity index (χ3n) is 3.34. The molecule has 1 unspecified atom stereocenters. The zero-order valence-corrected chi connectivity index (χ0v) is 11.6. The van der Waals surface area contributed by atoms with Crippen LogP contribution < -0.4 is 10.6 Å². The van der Waals surface area contributed by atoms with E-state index in [9.17, 15) is 14.4 Å². The highest BCUT2D eigenvalue weighted by molar-refractivity contribution is 5.96. The Morgan fingerprint density at radius 1 is 1.30 bits per heavy atom. The molecule has 0 amide bonds. The van der Waals surface area contributed by atoms with Crippen LogP contribution in [0.15, 0.2) is 24.3 Å². The average Bonchev–Trinajstić information content (AvgIpc) is 2.73. The molecule has 1 aliphatic rings. The van der Waals surface area contributed by atoms with E-state index >= 15 is 0 Å². The Bertz CT molecular complexity index is 554. The van der Waals surface area contributed by atoms with Gasteiger partial charge in [-0.15, -0.1) is 0 Å². The topological polar surface area (TPSA) is 75.3 Å². The lowest BCUT2D eigenvalue weighted by atomic mass is 10.1. The fraction of sp³-hybridized carbons (Fsp3) is 0.400. The van der Waals surface area contributed by atoms with Crippen molar-refractivity contribution in [1.29, 1.82) is 0 Å². The molecule has 0 spiro atoms. The van der Waals surface area contributed by atoms with Crippen LogP contribution in [0.2, 0.25) is 0 Å². The zero-order valence-electron chi connectivity index (χ0n) is 11.6. The lowest BCUT2D eigenvalue weighted by molar-refractivity contribution is -0.121. The monoisotopic (exact) mass is 274 g/mol. The van der Waals surface area contributed by atoms with E-state index in [2.05, 4.69) is 10.6 Å². The van der Waals surface area contributed by atoms with Crippen LogP contribution in [0.25, 0.3) is 0 Å². The van der Waals surface area contributed by atoms with E-state index in [0.717, 1.165) is 11.3 Å². The quantitative estimate of drug-likeness (QED) is 0.840. The molecule has 1 heterocycles. The van der Waals surface area contributed by atoms with Crippen LogP contribution in [-0.4, -0.2) is 29.6 Å². The van der Waals surface area contributed by atoms with Crippen molar-refractivity contribution in [2.45, 2.75) is 38.9 Å². The fourth-order valence-corrected chi connectivity index (χ4v) is 2.29. The molecule has 5 nitrogen and oxygen atoms in total. The van der Waals surface area contributed by atoms with Gasteiger partial charge >= 0.3 is 0 Å². The molecule has 0 aromatic heterocycles. The van der Waals surface area contributed by atoms with Gasteiger partial charge in [-0.2, -0.15) is 0 Å². The second kappa shape index (κ2) is 5.96. The van der Waals surface area contributed by atoms with Crippen molar-refractivity contribution < 1.29 is 14.4 Å². The van der Waals surface area contributed by atoms with E-state index in [-0.39, 0.29) is 23.8 Å². The number of nitrogens with one attached hydrogen (secondary N) is 2. The Morgan fingerprint density at radius 2 is 2.00 bits per heavy atom. The first-order valence-electron chi connectivity index (χ1n) is 6.60. The molecular formula is C15H18N2O3. The molecule has 0 aliphatic carbocycles. The molecule has 1 saturated heterocycles. The molecule has 20 heavy (non-hydrogen) atoms. The Labute approximate surface area is 117 Å². The SMILES string of the molecule is CC(=O)Cc1ccccc1NC1N[C@H](C(C)=O)CC1=O. The summed E-state index contributed by atoms with van der Waals surface area (Å²) < 4.78 is 0. The third kappa shape index (κ3) is 3.30. The molecular weight excluding hydrogens is 256 g/mol. The number of ketones is 3. The van der Waals surface area contributed by atoms with Crippen molar-refractivity contribution in [1.82, 2.24) is 5.32 Å². The number of anilines is 1. The van der Waals surface area contributed by atoms with E-state index in [1.807, 2.05) is 24.3 Å². The van der Waals surface area contributed by atoms with E-state index in [1.165, 1.54) is 13.8 Å². The molecule has 1 aromatic rings. The molecule has 1 aromatic carbocycles. The molecule has 0 radical (unpaired) electrons. The minimum Gasteiger partial charge on any atom is -0.363 e. The van der Waals surface area contributed by atoms with Gasteiger partial charge in [-0.05, 0) is 25.5 Å². The Balaban J connectivity index is 2.12. The van der Waals surface area contributed by atoms with Crippen molar-refractivity contribution in [3.63, 3.8) is 0 Å². The summed E-state index contributed by atoms with van der Waals surface area (Å²) in [7, 11) is 0. The van der Waals surface area contributed by atoms with Crippen LogP contribution in [0.5, 0.6) is 0 Å². The van der Waals surface area contributed by atoms with Gasteiger partial charge in [0.05, 0.1) is 6.04 Å². The number of benzene rings is 1. The van der Waals surface area contributed by atoms with Gasteiger partial charge in [0.15, 0.2) is 5.78 Å². The number of carbonyl (C=O) groups excluding carboxylic acids is 3. The lowest BCUT2D eigenvalue weighted by Crippen LogP contribution is -2.40. The van der Waals surface area contributed by atoms with Gasteiger partial charge < -0.3 is 5.32 Å². The predicted molar refractivity (Wildman–Crippen MR) is 75.5 cm³/mol. The highest BCUT2D eigenvalue weighted by atomic mass is 16.1. The van der Waals surface area contributed by atoms with Gasteiger partial charge in [0.25, 0.3) is 0 Å². The van der Waals surface area contributed by atoms with Crippen LogP contribution in [0, 0.1) is 0 Å². The summed E-state index contributed by atoms with van der Waals surface area (Å²) in [5.74, 6) is -0.0194. The Kier molecular flexibility index (Phi) is 4.29. The molecule has 106 valence electrons. The number of rotatable bonds is 5. The molecule has 1 fully saturated rings. The summed E-state index contributed by atoms with van der Waals surface area (Å²) >= 11 is 0. The van der Waals surface area contributed by atoms with Gasteiger partial charge in [0.1, 0.15) is 17.7 Å². The maximum Gasteiger partial charge on any atom is 0.171 e. The first-order chi connectivity index (χ1) is 9.47. The average molecular weight is 274 g/mol. The number of carbonyl (C=O) groups is 3. The Hall–Kier alpha value is -2.01. The van der Waals surface area contributed by atoms with Crippen molar-refractivity contribution in [3.8, 4) is 0 Å². The van der Waals surface area contributed by atoms with Gasteiger partial charge in [-0.1, -0.05) is 18.2 Å². The standard InChI is InChI=1S/C15H18N2O3/c1-9(18)7-11-5-3-4-6-12(11)16-15-14(20)8-13(17-15)10(2)19/h3-6,13,15-17H,7-8H2,1-2H3/t13-,15?/m0/s1. The molecule has 1 aliphatic heterocycles. The van der Waals surface area contributed by atoms with Crippen LogP contribution in [0.4, 0.5) is 5.69 Å². The van der Waals surface area contributed by atoms with Gasteiger partial charge in [0.2, 0.25) is 0 Å². The zero-order chi connectivity index (χ0) is 14.7. The molecule has 2 atom stereocenters. The molecule has 2 rings (SSSR count). The highest BCUT2D eigenvalue weighted by Crippen LogP contribution is 2.19. The predicted octanol–water partition coefficient (Wildman–Crippen LogP) is 1.08. The number of hydrogen-bond donors (Lipinski definition) is 2. The van der Waals surface area contributed by atoms with Gasteiger partial charge in [0, 0.05) is 18.5 Å². The van der Waals surface area contributed by atoms with E-state index in [0.29, 0.717) is 6.42 Å². The number of Topliss-reactive ketones (excluding diaryl/α,β-unsaturated/α-hetero) is 3. The maximum atomic E-state index is 11.9. The number of hydrogen-bond acceptors (Lipinski definition) is 5. The second-order valence-corrected chi connectivity index (χ2v) is 5.11. The molecule has 2 N–H and O–H groups in total. The van der Waals surface area contributed by atoms with Crippen molar-refractivity contribution in [2.24, 2.45) is 0 Å². The fourth-order valence-electron chi connectivity index (χ4n) is 2.29. The lowest BCUT2D eigenvalue weighted by Gasteiger charge is -2.17. The van der Waals surface area contributed by atoms with E-state index in [1.54, 1.807) is 0 Å². The molecule has 5 heteroatoms.